The molecule has 1 aliphatic carbocycles. The van der Waals surface area contributed by atoms with Crippen molar-refractivity contribution in [1.82, 2.24) is 4.90 Å². The minimum absolute atomic E-state index is 0.00712. The molecule has 0 N–H and O–H groups in total. The zero-order chi connectivity index (χ0) is 33.0. The van der Waals surface area contributed by atoms with Gasteiger partial charge in [-0.25, -0.2) is 9.59 Å². The number of halogens is 9. The number of alkyl halides is 9. The zero-order valence-electron chi connectivity index (χ0n) is 24.0. The lowest BCUT2D eigenvalue weighted by Gasteiger charge is -2.52. The van der Waals surface area contributed by atoms with E-state index in [1.807, 2.05) is 0 Å². The molecule has 0 saturated heterocycles. The molecular weight excluding hydrogens is 611 g/mol. The van der Waals surface area contributed by atoms with Gasteiger partial charge in [0.15, 0.2) is 5.54 Å². The van der Waals surface area contributed by atoms with Crippen LogP contribution in [-0.2, 0) is 28.4 Å². The van der Waals surface area contributed by atoms with Crippen molar-refractivity contribution in [2.75, 3.05) is 12.0 Å². The van der Waals surface area contributed by atoms with Gasteiger partial charge in [0.2, 0.25) is 0 Å². The zero-order valence-corrected chi connectivity index (χ0v) is 24.0. The van der Waals surface area contributed by atoms with Gasteiger partial charge < -0.3 is 9.47 Å². The smallest absolute Gasteiger partial charge is 0.416 e. The average molecular weight is 641 g/mol. The van der Waals surface area contributed by atoms with Gasteiger partial charge in [0.05, 0.1) is 30.0 Å². The van der Waals surface area contributed by atoms with Crippen LogP contribution in [0.4, 0.5) is 54.8 Å². The van der Waals surface area contributed by atoms with Crippen LogP contribution in [0.1, 0.15) is 68.3 Å². The third kappa shape index (κ3) is 6.41. The maximum Gasteiger partial charge on any atom is 0.416 e. The van der Waals surface area contributed by atoms with Crippen LogP contribution >= 0.6 is 0 Å². The molecular formula is C29H29F9N2O4. The molecule has 0 bridgehead atoms. The van der Waals surface area contributed by atoms with Crippen LogP contribution in [0.5, 0.6) is 0 Å². The number of ether oxygens (including phenoxy) is 2. The van der Waals surface area contributed by atoms with Crippen molar-refractivity contribution in [3.63, 3.8) is 0 Å². The van der Waals surface area contributed by atoms with Gasteiger partial charge in [-0.15, -0.1) is 0 Å². The molecule has 2 aromatic rings. The number of fused-ring (bicyclic) bond motifs is 1. The van der Waals surface area contributed by atoms with E-state index in [0.29, 0.717) is 21.9 Å². The summed E-state index contributed by atoms with van der Waals surface area (Å²) in [4.78, 5) is 27.8. The highest BCUT2D eigenvalue weighted by atomic mass is 19.4. The lowest BCUT2D eigenvalue weighted by atomic mass is 9.76. The van der Waals surface area contributed by atoms with Crippen LogP contribution < -0.4 is 4.90 Å². The number of para-hydroxylation sites is 1. The summed E-state index contributed by atoms with van der Waals surface area (Å²) in [5.41, 5.74) is -8.35. The van der Waals surface area contributed by atoms with Gasteiger partial charge in [0, 0.05) is 13.0 Å². The van der Waals surface area contributed by atoms with Crippen molar-refractivity contribution in [3.8, 4) is 0 Å². The molecule has 44 heavy (non-hydrogen) atoms. The molecule has 4 rings (SSSR count). The third-order valence-corrected chi connectivity index (χ3v) is 7.55. The van der Waals surface area contributed by atoms with Crippen LogP contribution in [0.15, 0.2) is 42.5 Å². The first-order chi connectivity index (χ1) is 20.1. The topological polar surface area (TPSA) is 59.1 Å². The van der Waals surface area contributed by atoms with Crippen molar-refractivity contribution >= 4 is 17.9 Å². The van der Waals surface area contributed by atoms with Crippen molar-refractivity contribution in [2.24, 2.45) is 5.92 Å². The van der Waals surface area contributed by atoms with Crippen LogP contribution in [-0.4, -0.2) is 41.5 Å². The highest BCUT2D eigenvalue weighted by Gasteiger charge is 2.70. The molecule has 1 saturated carbocycles. The Bertz CT molecular complexity index is 1380. The van der Waals surface area contributed by atoms with Crippen LogP contribution in [0, 0.1) is 5.92 Å². The normalized spacial score (nSPS) is 21.0. The highest BCUT2D eigenvalue weighted by Crippen LogP contribution is 2.61. The Kier molecular flexibility index (Phi) is 8.35. The summed E-state index contributed by atoms with van der Waals surface area (Å²) in [6.07, 6.45) is -18.9. The molecule has 2 aliphatic rings. The highest BCUT2D eigenvalue weighted by molar-refractivity contribution is 5.92. The second kappa shape index (κ2) is 11.1. The number of carbonyl (C=O) groups is 2. The first-order valence-corrected chi connectivity index (χ1v) is 13.4. The Hall–Kier alpha value is -3.65. The lowest BCUT2D eigenvalue weighted by Crippen LogP contribution is -2.67. The quantitative estimate of drug-likeness (QED) is 0.314. The van der Waals surface area contributed by atoms with E-state index >= 15 is 13.2 Å². The van der Waals surface area contributed by atoms with Gasteiger partial charge in [-0.05, 0) is 74.9 Å². The Morgan fingerprint density at radius 3 is 1.91 bits per heavy atom. The minimum Gasteiger partial charge on any atom is -0.453 e. The summed E-state index contributed by atoms with van der Waals surface area (Å²) in [5, 5.41) is 0. The number of rotatable bonds is 4. The van der Waals surface area contributed by atoms with E-state index in [1.54, 1.807) is 0 Å². The number of hydrogen-bond donors (Lipinski definition) is 0. The molecule has 0 aromatic heterocycles. The summed E-state index contributed by atoms with van der Waals surface area (Å²) < 4.78 is 137. The van der Waals surface area contributed by atoms with E-state index in [1.165, 1.54) is 45.0 Å². The number of anilines is 1. The van der Waals surface area contributed by atoms with Crippen molar-refractivity contribution < 1.29 is 58.6 Å². The molecule has 0 radical (unpaired) electrons. The fourth-order valence-corrected chi connectivity index (χ4v) is 5.64. The predicted octanol–water partition coefficient (Wildman–Crippen LogP) is 8.89. The van der Waals surface area contributed by atoms with Crippen molar-refractivity contribution in [1.29, 1.82) is 0 Å². The second-order valence-corrected chi connectivity index (χ2v) is 11.8. The van der Waals surface area contributed by atoms with E-state index in [-0.39, 0.29) is 30.2 Å². The Morgan fingerprint density at radius 2 is 1.45 bits per heavy atom. The summed E-state index contributed by atoms with van der Waals surface area (Å²) in [5.74, 6) is -1.13. The first-order valence-electron chi connectivity index (χ1n) is 13.4. The summed E-state index contributed by atoms with van der Waals surface area (Å²) in [6.45, 7) is 3.45. The monoisotopic (exact) mass is 640 g/mol. The van der Waals surface area contributed by atoms with E-state index in [0.717, 1.165) is 7.11 Å². The maximum atomic E-state index is 15.3. The van der Waals surface area contributed by atoms with Crippen molar-refractivity contribution in [3.05, 3.63) is 64.7 Å². The van der Waals surface area contributed by atoms with Crippen molar-refractivity contribution in [2.45, 2.75) is 82.3 Å². The van der Waals surface area contributed by atoms with E-state index in [9.17, 15) is 35.9 Å². The third-order valence-electron chi connectivity index (χ3n) is 7.55. The molecule has 6 nitrogen and oxygen atoms in total. The van der Waals surface area contributed by atoms with Crippen LogP contribution in [0.25, 0.3) is 0 Å². The number of methoxy groups -OCH3 is 1. The Balaban J connectivity index is 1.93. The summed E-state index contributed by atoms with van der Waals surface area (Å²) in [7, 11) is 0.877. The SMILES string of the molecule is COC(=O)N(Cc1cc(C(F)(F)F)cc(C(F)(F)F)c1)[C@H]1C[C@](C2CC2)(C(F)(F)F)N(C(=O)OC(C)(C)C)c2ccccc21. The molecule has 2 aromatic carbocycles. The fraction of sp³-hybridized carbons (Fsp3) is 0.517. The molecule has 2 amide bonds. The minimum atomic E-state index is -5.20. The molecule has 15 heteroatoms. The standard InChI is InChI=1S/C29H29F9N2O4/c1-25(2,3)44-24(42)40-21-8-6-5-7-20(21)22(14-26(40,17-9-10-17)29(36,37)38)39(23(41)43-4)15-16-11-18(27(30,31)32)13-19(12-16)28(33,34)35/h5-8,11-13,17,22H,9-10,14-15H2,1-4H3/t22-,26-/m0/s1. The second-order valence-electron chi connectivity index (χ2n) is 11.8. The Labute approximate surface area is 246 Å². The molecule has 242 valence electrons. The van der Waals surface area contributed by atoms with Crippen LogP contribution in [0.2, 0.25) is 0 Å². The Morgan fingerprint density at radius 1 is 0.909 bits per heavy atom. The van der Waals surface area contributed by atoms with Gasteiger partial charge in [0.1, 0.15) is 5.60 Å². The molecule has 0 spiro atoms. The van der Waals surface area contributed by atoms with Gasteiger partial charge in [-0.3, -0.25) is 9.80 Å². The summed E-state index contributed by atoms with van der Waals surface area (Å²) in [6, 6.07) is 4.43. The largest absolute Gasteiger partial charge is 0.453 e. The molecule has 0 unspecified atom stereocenters. The number of nitrogens with zero attached hydrogens (tertiary/aromatic N) is 2. The molecule has 1 fully saturated rings. The summed E-state index contributed by atoms with van der Waals surface area (Å²) >= 11 is 0. The fourth-order valence-electron chi connectivity index (χ4n) is 5.64. The molecule has 2 atom stereocenters. The predicted molar refractivity (Wildman–Crippen MR) is 138 cm³/mol. The lowest BCUT2D eigenvalue weighted by molar-refractivity contribution is -0.200. The van der Waals surface area contributed by atoms with Gasteiger partial charge >= 0.3 is 30.7 Å². The molecule has 1 aliphatic heterocycles. The van der Waals surface area contributed by atoms with Gasteiger partial charge in [0.25, 0.3) is 0 Å². The number of benzene rings is 2. The number of hydrogen-bond acceptors (Lipinski definition) is 4. The van der Waals surface area contributed by atoms with Gasteiger partial charge in [-0.2, -0.15) is 39.5 Å². The van der Waals surface area contributed by atoms with E-state index < -0.39 is 83.5 Å². The van der Waals surface area contributed by atoms with Crippen LogP contribution in [0.3, 0.4) is 0 Å². The molecule has 1 heterocycles. The average Bonchev–Trinajstić information content (AvgIpc) is 3.73. The first kappa shape index (κ1) is 33.2. The number of carbonyl (C=O) groups excluding carboxylic acids is 2. The van der Waals surface area contributed by atoms with Gasteiger partial charge in [-0.1, -0.05) is 18.2 Å². The number of amides is 2. The van der Waals surface area contributed by atoms with E-state index in [4.69, 9.17) is 9.47 Å². The maximum absolute atomic E-state index is 15.3. The van der Waals surface area contributed by atoms with E-state index in [2.05, 4.69) is 0 Å².